The van der Waals surface area contributed by atoms with Crippen LogP contribution in [0.2, 0.25) is 0 Å². The number of pyridine rings is 1. The van der Waals surface area contributed by atoms with Crippen LogP contribution in [0, 0.1) is 5.41 Å². The molecular formula is C20H18N2. The van der Waals surface area contributed by atoms with Crippen LogP contribution in [0.4, 0.5) is 0 Å². The number of rotatable bonds is 1. The molecule has 1 aliphatic carbocycles. The average Bonchev–Trinajstić information content (AvgIpc) is 2.74. The number of allylic oxidation sites excluding steroid dienone is 6. The number of hydrogen-bond acceptors (Lipinski definition) is 1. The van der Waals surface area contributed by atoms with Crippen LogP contribution in [0.1, 0.15) is 13.8 Å². The van der Waals surface area contributed by atoms with Crippen LogP contribution >= 0.6 is 0 Å². The smallest absolute Gasteiger partial charge is 0.0724 e. The molecule has 2 heteroatoms. The van der Waals surface area contributed by atoms with Crippen molar-refractivity contribution in [2.24, 2.45) is 5.41 Å². The monoisotopic (exact) mass is 286 g/mol. The molecule has 1 aliphatic rings. The van der Waals surface area contributed by atoms with Crippen LogP contribution in [0.15, 0.2) is 73.1 Å². The van der Waals surface area contributed by atoms with Crippen molar-refractivity contribution in [3.8, 4) is 0 Å². The van der Waals surface area contributed by atoms with Crippen LogP contribution in [0.3, 0.4) is 0 Å². The maximum Gasteiger partial charge on any atom is 0.0724 e. The molecule has 0 bridgehead atoms. The summed E-state index contributed by atoms with van der Waals surface area (Å²) in [5.74, 6) is 0. The van der Waals surface area contributed by atoms with Gasteiger partial charge in [-0.2, -0.15) is 0 Å². The van der Waals surface area contributed by atoms with E-state index in [2.05, 4.69) is 84.1 Å². The van der Waals surface area contributed by atoms with Gasteiger partial charge in [0.2, 0.25) is 0 Å². The summed E-state index contributed by atoms with van der Waals surface area (Å²) in [6, 6.07) is 10.6. The van der Waals surface area contributed by atoms with Crippen molar-refractivity contribution in [2.75, 3.05) is 0 Å². The van der Waals surface area contributed by atoms with Gasteiger partial charge in [0.25, 0.3) is 0 Å². The first-order chi connectivity index (χ1) is 10.7. The fourth-order valence-electron chi connectivity index (χ4n) is 3.05. The Kier molecular flexibility index (Phi) is 2.80. The lowest BCUT2D eigenvalue weighted by Crippen LogP contribution is -2.01. The highest BCUT2D eigenvalue weighted by atomic mass is 15.0. The van der Waals surface area contributed by atoms with Crippen LogP contribution in [-0.2, 0) is 0 Å². The van der Waals surface area contributed by atoms with Gasteiger partial charge in [-0.25, -0.2) is 0 Å². The first-order valence-electron chi connectivity index (χ1n) is 7.58. The van der Waals surface area contributed by atoms with Gasteiger partial charge >= 0.3 is 0 Å². The second kappa shape index (κ2) is 4.70. The minimum atomic E-state index is 0.0786. The van der Waals surface area contributed by atoms with Gasteiger partial charge in [-0.1, -0.05) is 50.3 Å². The first-order valence-corrected chi connectivity index (χ1v) is 7.58. The van der Waals surface area contributed by atoms with Crippen molar-refractivity contribution in [1.29, 1.82) is 0 Å². The lowest BCUT2D eigenvalue weighted by molar-refractivity contribution is 0.627. The summed E-state index contributed by atoms with van der Waals surface area (Å²) in [4.78, 5) is 4.33. The molecule has 0 aliphatic heterocycles. The summed E-state index contributed by atoms with van der Waals surface area (Å²) in [6.45, 7) is 4.43. The summed E-state index contributed by atoms with van der Waals surface area (Å²) in [5, 5.41) is 2.51. The van der Waals surface area contributed by atoms with E-state index in [1.54, 1.807) is 0 Å². The maximum atomic E-state index is 4.33. The highest BCUT2D eigenvalue weighted by molar-refractivity contribution is 6.10. The van der Waals surface area contributed by atoms with Crippen LogP contribution in [-0.4, -0.2) is 9.55 Å². The summed E-state index contributed by atoms with van der Waals surface area (Å²) < 4.78 is 2.29. The topological polar surface area (TPSA) is 17.8 Å². The van der Waals surface area contributed by atoms with Crippen molar-refractivity contribution in [2.45, 2.75) is 13.8 Å². The number of fused-ring (bicyclic) bond motifs is 3. The van der Waals surface area contributed by atoms with Gasteiger partial charge in [0.05, 0.1) is 17.2 Å². The van der Waals surface area contributed by atoms with Gasteiger partial charge in [0.1, 0.15) is 0 Å². The van der Waals surface area contributed by atoms with Gasteiger partial charge in [-0.15, -0.1) is 0 Å². The Hall–Kier alpha value is -2.61. The van der Waals surface area contributed by atoms with Crippen LogP contribution in [0.25, 0.3) is 27.5 Å². The third-order valence-electron chi connectivity index (χ3n) is 4.21. The van der Waals surface area contributed by atoms with Crippen molar-refractivity contribution < 1.29 is 0 Å². The predicted molar refractivity (Wildman–Crippen MR) is 93.6 cm³/mol. The largest absolute Gasteiger partial charge is 0.308 e. The Labute approximate surface area is 130 Å². The number of hydrogen-bond donors (Lipinski definition) is 0. The number of nitrogens with zero attached hydrogens (tertiary/aromatic N) is 2. The average molecular weight is 286 g/mol. The van der Waals surface area contributed by atoms with Crippen molar-refractivity contribution in [3.63, 3.8) is 0 Å². The number of aromatic nitrogens is 2. The van der Waals surface area contributed by atoms with E-state index in [4.69, 9.17) is 0 Å². The van der Waals surface area contributed by atoms with E-state index in [-0.39, 0.29) is 5.41 Å². The van der Waals surface area contributed by atoms with Crippen LogP contribution in [0.5, 0.6) is 0 Å². The lowest BCUT2D eigenvalue weighted by Gasteiger charge is -2.13. The molecule has 4 rings (SSSR count). The van der Waals surface area contributed by atoms with E-state index in [1.807, 2.05) is 12.4 Å². The molecule has 2 heterocycles. The van der Waals surface area contributed by atoms with Crippen molar-refractivity contribution in [1.82, 2.24) is 9.55 Å². The Morgan fingerprint density at radius 3 is 2.68 bits per heavy atom. The number of benzene rings is 1. The Morgan fingerprint density at radius 2 is 1.77 bits per heavy atom. The van der Waals surface area contributed by atoms with E-state index in [0.29, 0.717) is 0 Å². The molecule has 2 aromatic heterocycles. The lowest BCUT2D eigenvalue weighted by atomic mass is 9.93. The summed E-state index contributed by atoms with van der Waals surface area (Å²) in [5.41, 5.74) is 3.61. The van der Waals surface area contributed by atoms with Crippen LogP contribution < -0.4 is 0 Å². The molecule has 0 N–H and O–H groups in total. The van der Waals surface area contributed by atoms with E-state index in [0.717, 1.165) is 5.52 Å². The van der Waals surface area contributed by atoms with E-state index < -0.39 is 0 Å². The molecule has 22 heavy (non-hydrogen) atoms. The normalized spacial score (nSPS) is 16.9. The predicted octanol–water partition coefficient (Wildman–Crippen LogP) is 5.18. The van der Waals surface area contributed by atoms with E-state index in [9.17, 15) is 0 Å². The molecule has 108 valence electrons. The Balaban J connectivity index is 2.06. The highest BCUT2D eigenvalue weighted by Gasteiger charge is 2.15. The third-order valence-corrected chi connectivity index (χ3v) is 4.21. The van der Waals surface area contributed by atoms with Gasteiger partial charge in [0.15, 0.2) is 0 Å². The maximum absolute atomic E-state index is 4.33. The van der Waals surface area contributed by atoms with E-state index >= 15 is 0 Å². The van der Waals surface area contributed by atoms with Gasteiger partial charge in [0, 0.05) is 28.1 Å². The van der Waals surface area contributed by atoms with Crippen molar-refractivity contribution >= 4 is 27.5 Å². The zero-order valence-electron chi connectivity index (χ0n) is 12.8. The van der Waals surface area contributed by atoms with Gasteiger partial charge in [-0.05, 0) is 24.3 Å². The highest BCUT2D eigenvalue weighted by Crippen LogP contribution is 2.33. The second-order valence-corrected chi connectivity index (χ2v) is 6.35. The molecular weight excluding hydrogens is 268 g/mol. The fraction of sp³-hybridized carbons (Fsp3) is 0.150. The summed E-state index contributed by atoms with van der Waals surface area (Å²) >= 11 is 0. The molecule has 0 amide bonds. The molecule has 3 aromatic rings. The summed E-state index contributed by atoms with van der Waals surface area (Å²) in [7, 11) is 0. The van der Waals surface area contributed by atoms with Crippen molar-refractivity contribution in [3.05, 3.63) is 73.1 Å². The first kappa shape index (κ1) is 13.1. The fourth-order valence-corrected chi connectivity index (χ4v) is 3.05. The number of para-hydroxylation sites is 1. The molecule has 0 saturated heterocycles. The zero-order valence-corrected chi connectivity index (χ0v) is 12.8. The minimum Gasteiger partial charge on any atom is -0.308 e. The Morgan fingerprint density at radius 1 is 0.955 bits per heavy atom. The summed E-state index contributed by atoms with van der Waals surface area (Å²) in [6.07, 6.45) is 14.8. The quantitative estimate of drug-likeness (QED) is 0.602. The molecule has 0 atom stereocenters. The van der Waals surface area contributed by atoms with Gasteiger partial charge < -0.3 is 4.57 Å². The molecule has 0 radical (unpaired) electrons. The van der Waals surface area contributed by atoms with Gasteiger partial charge in [-0.3, -0.25) is 4.98 Å². The molecule has 0 unspecified atom stereocenters. The minimum absolute atomic E-state index is 0.0786. The molecule has 1 aromatic carbocycles. The second-order valence-electron chi connectivity index (χ2n) is 6.35. The SMILES string of the molecule is CC1(C)C=CC=C(n2c3ccccc3c3ccncc32)C=C1. The molecule has 2 nitrogen and oxygen atoms in total. The standard InChI is InChI=1S/C20H18N2/c1-20(2)11-5-6-15(9-12-20)22-18-8-4-3-7-16(18)17-10-13-21-14-19(17)22/h3-14H,1-2H3. The molecule has 0 fully saturated rings. The third kappa shape index (κ3) is 2.00. The zero-order chi connectivity index (χ0) is 15.2. The molecule has 0 saturated carbocycles. The van der Waals surface area contributed by atoms with E-state index in [1.165, 1.54) is 22.0 Å². The Bertz CT molecular complexity index is 899. The molecule has 0 spiro atoms.